The number of Topliss-reactive ketones (excluding diaryl/α,β-unsaturated/α-hetero) is 1. The molecule has 1 heteroatoms. The minimum atomic E-state index is 0. The fraction of sp³-hybridized carbons (Fsp3) is 0.909. The fourth-order valence-corrected chi connectivity index (χ4v) is 3.60. The molecule has 0 aromatic rings. The first-order valence-electron chi connectivity index (χ1n) is 5.08. The van der Waals surface area contributed by atoms with Gasteiger partial charge in [0.05, 0.1) is 0 Å². The third-order valence-corrected chi connectivity index (χ3v) is 4.74. The largest absolute Gasteiger partial charge is 0.299 e. The Morgan fingerprint density at radius 1 is 1.58 bits per heavy atom. The van der Waals surface area contributed by atoms with E-state index in [1.807, 2.05) is 0 Å². The van der Waals surface area contributed by atoms with Crippen molar-refractivity contribution in [3.05, 3.63) is 0 Å². The normalized spacial score (nSPS) is 43.9. The van der Waals surface area contributed by atoms with Crippen molar-refractivity contribution in [3.63, 3.8) is 0 Å². The molecule has 70 valence electrons. The lowest BCUT2D eigenvalue weighted by Gasteiger charge is -2.35. The molecule has 12 heavy (non-hydrogen) atoms. The van der Waals surface area contributed by atoms with Crippen LogP contribution in [0.1, 0.15) is 47.9 Å². The van der Waals surface area contributed by atoms with Gasteiger partial charge >= 0.3 is 0 Å². The van der Waals surface area contributed by atoms with E-state index >= 15 is 0 Å². The van der Waals surface area contributed by atoms with Crippen molar-refractivity contribution in [1.82, 2.24) is 0 Å². The van der Waals surface area contributed by atoms with Crippen molar-refractivity contribution in [2.45, 2.75) is 46.5 Å². The molecule has 0 amide bonds. The second-order valence-electron chi connectivity index (χ2n) is 5.02. The zero-order chi connectivity index (χ0) is 8.98. The van der Waals surface area contributed by atoms with Gasteiger partial charge in [0, 0.05) is 13.3 Å². The van der Waals surface area contributed by atoms with Gasteiger partial charge in [0.1, 0.15) is 5.78 Å². The third kappa shape index (κ3) is 0.641. The molecule has 0 radical (unpaired) electrons. The van der Waals surface area contributed by atoms with Gasteiger partial charge in [-0.15, -0.1) is 0 Å². The molecule has 2 unspecified atom stereocenters. The molecule has 0 N–H and O–H groups in total. The van der Waals surface area contributed by atoms with Crippen LogP contribution >= 0.6 is 0 Å². The van der Waals surface area contributed by atoms with Crippen molar-refractivity contribution >= 4 is 5.78 Å². The van der Waals surface area contributed by atoms with E-state index < -0.39 is 0 Å². The molecule has 2 fully saturated rings. The lowest BCUT2D eigenvalue weighted by atomic mass is 9.67. The number of carbonyl (C=O) groups excluding carboxylic acids is 1. The molecule has 0 aromatic carbocycles. The zero-order valence-corrected chi connectivity index (χ0v) is 8.31. The summed E-state index contributed by atoms with van der Waals surface area (Å²) in [4.78, 5) is 11.8. The van der Waals surface area contributed by atoms with Gasteiger partial charge in [0.25, 0.3) is 0 Å². The van der Waals surface area contributed by atoms with Crippen LogP contribution in [0.4, 0.5) is 0 Å². The van der Waals surface area contributed by atoms with Crippen LogP contribution in [0.15, 0.2) is 0 Å². The van der Waals surface area contributed by atoms with E-state index in [1.54, 1.807) is 0 Å². The van der Waals surface area contributed by atoms with E-state index in [9.17, 15) is 4.79 Å². The summed E-state index contributed by atoms with van der Waals surface area (Å²) in [6.07, 6.45) is 4.35. The first kappa shape index (κ1) is 8.28. The average molecular weight is 168 g/mol. The number of rotatable bonds is 1. The number of hydrogen-bond acceptors (Lipinski definition) is 1. The number of carbonyl (C=O) groups is 1. The average Bonchev–Trinajstić information content (AvgIpc) is 2.36. The standard InChI is InChI=1S/C11H18O.H2/c1-4-11-6-5-8(7-9(11)12)10(11,2)3;/h8H,4-7H2,1-3H3;1H. The molecule has 0 spiro atoms. The quantitative estimate of drug-likeness (QED) is 0.588. The lowest BCUT2D eigenvalue weighted by Crippen LogP contribution is -2.34. The molecule has 2 aliphatic carbocycles. The monoisotopic (exact) mass is 168 g/mol. The van der Waals surface area contributed by atoms with Crippen LogP contribution in [0.2, 0.25) is 0 Å². The van der Waals surface area contributed by atoms with Gasteiger partial charge in [-0.05, 0) is 30.6 Å². The Hall–Kier alpha value is -0.330. The molecule has 2 aliphatic rings. The Morgan fingerprint density at radius 3 is 2.50 bits per heavy atom. The summed E-state index contributed by atoms with van der Waals surface area (Å²) >= 11 is 0. The molecule has 1 nitrogen and oxygen atoms in total. The summed E-state index contributed by atoms with van der Waals surface area (Å²) in [5.74, 6) is 1.23. The summed E-state index contributed by atoms with van der Waals surface area (Å²) < 4.78 is 0. The van der Waals surface area contributed by atoms with E-state index in [0.29, 0.717) is 17.1 Å². The Balaban J connectivity index is 0.000000845. The van der Waals surface area contributed by atoms with E-state index in [2.05, 4.69) is 20.8 Å². The number of ketones is 1. The topological polar surface area (TPSA) is 17.1 Å². The maximum absolute atomic E-state index is 11.8. The SMILES string of the molecule is CCC12CCC(CC1=O)C2(C)C.[HH]. The van der Waals surface area contributed by atoms with E-state index in [4.69, 9.17) is 0 Å². The minimum Gasteiger partial charge on any atom is -0.299 e. The maximum Gasteiger partial charge on any atom is 0.139 e. The summed E-state index contributed by atoms with van der Waals surface area (Å²) in [5, 5.41) is 0. The summed E-state index contributed by atoms with van der Waals surface area (Å²) in [7, 11) is 0. The van der Waals surface area contributed by atoms with Crippen LogP contribution in [0.25, 0.3) is 0 Å². The summed E-state index contributed by atoms with van der Waals surface area (Å²) in [5.41, 5.74) is 0.358. The lowest BCUT2D eigenvalue weighted by molar-refractivity contribution is -0.129. The highest BCUT2D eigenvalue weighted by Crippen LogP contribution is 2.65. The van der Waals surface area contributed by atoms with Gasteiger partial charge in [-0.2, -0.15) is 0 Å². The Morgan fingerprint density at radius 2 is 2.25 bits per heavy atom. The van der Waals surface area contributed by atoms with Crippen molar-refractivity contribution in [2.75, 3.05) is 0 Å². The smallest absolute Gasteiger partial charge is 0.139 e. The zero-order valence-electron chi connectivity index (χ0n) is 8.31. The summed E-state index contributed by atoms with van der Waals surface area (Å²) in [6.45, 7) is 6.76. The van der Waals surface area contributed by atoms with Crippen molar-refractivity contribution in [1.29, 1.82) is 0 Å². The van der Waals surface area contributed by atoms with Crippen LogP contribution in [0.5, 0.6) is 0 Å². The Kier molecular flexibility index (Phi) is 1.47. The molecule has 2 rings (SSSR count). The molecule has 2 bridgehead atoms. The number of hydrogen-bond donors (Lipinski definition) is 0. The van der Waals surface area contributed by atoms with Crippen LogP contribution in [0, 0.1) is 16.7 Å². The molecule has 0 heterocycles. The highest BCUT2D eigenvalue weighted by Gasteiger charge is 2.62. The molecular weight excluding hydrogens is 148 g/mol. The van der Waals surface area contributed by atoms with Gasteiger partial charge in [0.15, 0.2) is 0 Å². The summed E-state index contributed by atoms with van der Waals surface area (Å²) in [6, 6.07) is 0. The molecule has 0 saturated heterocycles. The van der Waals surface area contributed by atoms with Gasteiger partial charge in [-0.25, -0.2) is 0 Å². The first-order chi connectivity index (χ1) is 5.54. The van der Waals surface area contributed by atoms with E-state index in [-0.39, 0.29) is 6.84 Å². The third-order valence-electron chi connectivity index (χ3n) is 4.74. The first-order valence-corrected chi connectivity index (χ1v) is 5.08. The highest BCUT2D eigenvalue weighted by molar-refractivity contribution is 5.89. The minimum absolute atomic E-state index is 0. The van der Waals surface area contributed by atoms with Gasteiger partial charge < -0.3 is 0 Å². The van der Waals surface area contributed by atoms with Crippen molar-refractivity contribution < 1.29 is 6.22 Å². The molecule has 0 aromatic heterocycles. The highest BCUT2D eigenvalue weighted by atomic mass is 16.1. The molecule has 0 aliphatic heterocycles. The van der Waals surface area contributed by atoms with Gasteiger partial charge in [-0.3, -0.25) is 4.79 Å². The second-order valence-corrected chi connectivity index (χ2v) is 5.02. The van der Waals surface area contributed by atoms with Crippen LogP contribution in [0.3, 0.4) is 0 Å². The molecule has 2 atom stereocenters. The van der Waals surface area contributed by atoms with Crippen LogP contribution in [-0.2, 0) is 4.79 Å². The molecule has 2 saturated carbocycles. The fourth-order valence-electron chi connectivity index (χ4n) is 3.60. The van der Waals surface area contributed by atoms with Crippen LogP contribution < -0.4 is 0 Å². The van der Waals surface area contributed by atoms with Gasteiger partial charge in [0.2, 0.25) is 0 Å². The Bertz CT molecular complexity index is 234. The number of fused-ring (bicyclic) bond motifs is 2. The molecular formula is C11H20O. The van der Waals surface area contributed by atoms with Crippen molar-refractivity contribution in [3.8, 4) is 0 Å². The predicted octanol–water partition coefficient (Wildman–Crippen LogP) is 3.04. The predicted molar refractivity (Wildman–Crippen MR) is 51.0 cm³/mol. The second kappa shape index (κ2) is 2.12. The maximum atomic E-state index is 11.8. The van der Waals surface area contributed by atoms with Gasteiger partial charge in [-0.1, -0.05) is 20.8 Å². The van der Waals surface area contributed by atoms with E-state index in [0.717, 1.165) is 19.3 Å². The van der Waals surface area contributed by atoms with E-state index in [1.165, 1.54) is 6.42 Å². The van der Waals surface area contributed by atoms with Crippen LogP contribution in [-0.4, -0.2) is 5.78 Å². The van der Waals surface area contributed by atoms with Crippen molar-refractivity contribution in [2.24, 2.45) is 16.7 Å². The Labute approximate surface area is 76.0 Å².